The summed E-state index contributed by atoms with van der Waals surface area (Å²) in [5, 5.41) is 7.92. The van der Waals surface area contributed by atoms with Crippen molar-refractivity contribution in [3.05, 3.63) is 53.6 Å². The molecule has 0 aliphatic carbocycles. The van der Waals surface area contributed by atoms with Gasteiger partial charge in [-0.05, 0) is 18.6 Å². The van der Waals surface area contributed by atoms with Gasteiger partial charge in [0.2, 0.25) is 0 Å². The second-order valence-corrected chi connectivity index (χ2v) is 7.04. The Hall–Kier alpha value is -3.10. The van der Waals surface area contributed by atoms with E-state index in [1.165, 1.54) is 6.20 Å². The van der Waals surface area contributed by atoms with Crippen molar-refractivity contribution in [2.75, 3.05) is 25.6 Å². The molecule has 0 unspecified atom stereocenters. The Labute approximate surface area is 172 Å². The zero-order valence-electron chi connectivity index (χ0n) is 15.8. The molecule has 150 valence electrons. The molecule has 1 fully saturated rings. The van der Waals surface area contributed by atoms with Crippen molar-refractivity contribution in [2.45, 2.75) is 12.5 Å². The van der Waals surface area contributed by atoms with Crippen molar-refractivity contribution in [3.8, 4) is 16.9 Å². The number of benzene rings is 1. The van der Waals surface area contributed by atoms with Crippen molar-refractivity contribution < 1.29 is 14.3 Å². The number of nitrogens with one attached hydrogen (secondary N) is 1. The molecule has 1 aromatic carbocycles. The topological polar surface area (TPSA) is 104 Å². The van der Waals surface area contributed by atoms with E-state index in [1.54, 1.807) is 19.4 Å². The smallest absolute Gasteiger partial charge is 0.252 e. The molecule has 4 rings (SSSR count). The summed E-state index contributed by atoms with van der Waals surface area (Å²) in [5.41, 5.74) is 8.58. The lowest BCUT2D eigenvalue weighted by atomic mass is 10.1. The number of carbonyl (C=O) groups is 1. The molecule has 3 aromatic rings. The highest BCUT2D eigenvalue weighted by molar-refractivity contribution is 6.29. The van der Waals surface area contributed by atoms with Crippen LogP contribution in [0.1, 0.15) is 22.8 Å². The highest BCUT2D eigenvalue weighted by Crippen LogP contribution is 2.38. The molecule has 0 saturated carbocycles. The molecule has 9 heteroatoms. The van der Waals surface area contributed by atoms with Gasteiger partial charge in [0.25, 0.3) is 5.91 Å². The van der Waals surface area contributed by atoms with Gasteiger partial charge in [0, 0.05) is 30.1 Å². The number of nitrogens with two attached hydrogens (primary N) is 1. The number of hydrogen-bond acceptors (Lipinski definition) is 6. The molecule has 1 amide bonds. The van der Waals surface area contributed by atoms with Crippen LogP contribution in [0.15, 0.2) is 42.9 Å². The summed E-state index contributed by atoms with van der Waals surface area (Å²) in [4.78, 5) is 15.7. The normalized spacial score (nSPS) is 16.0. The van der Waals surface area contributed by atoms with E-state index in [9.17, 15) is 4.79 Å². The van der Waals surface area contributed by atoms with Crippen molar-refractivity contribution in [1.29, 1.82) is 0 Å². The fourth-order valence-corrected chi connectivity index (χ4v) is 3.52. The average Bonchev–Trinajstić information content (AvgIpc) is 3.39. The van der Waals surface area contributed by atoms with Gasteiger partial charge < -0.3 is 20.5 Å². The Morgan fingerprint density at radius 3 is 2.97 bits per heavy atom. The van der Waals surface area contributed by atoms with E-state index in [-0.39, 0.29) is 16.8 Å². The predicted octanol–water partition coefficient (Wildman–Crippen LogP) is 3.41. The molecule has 2 aromatic heterocycles. The van der Waals surface area contributed by atoms with Gasteiger partial charge in [-0.1, -0.05) is 23.7 Å². The van der Waals surface area contributed by atoms with Crippen LogP contribution in [-0.4, -0.2) is 41.0 Å². The number of rotatable bonds is 6. The highest BCUT2D eigenvalue weighted by Gasteiger charge is 2.20. The van der Waals surface area contributed by atoms with Crippen LogP contribution in [0.4, 0.5) is 11.4 Å². The molecule has 1 aliphatic heterocycles. The van der Waals surface area contributed by atoms with Crippen molar-refractivity contribution >= 4 is 28.9 Å². The third-order valence-corrected chi connectivity index (χ3v) is 5.02. The van der Waals surface area contributed by atoms with E-state index in [4.69, 9.17) is 26.8 Å². The zero-order chi connectivity index (χ0) is 20.4. The van der Waals surface area contributed by atoms with Crippen molar-refractivity contribution in [1.82, 2.24) is 14.8 Å². The number of halogens is 1. The molecule has 0 bridgehead atoms. The summed E-state index contributed by atoms with van der Waals surface area (Å²) in [7, 11) is 1.59. The van der Waals surface area contributed by atoms with Gasteiger partial charge in [0.05, 0.1) is 42.9 Å². The van der Waals surface area contributed by atoms with Gasteiger partial charge in [0.15, 0.2) is 0 Å². The van der Waals surface area contributed by atoms with Crippen LogP contribution < -0.4 is 15.8 Å². The minimum absolute atomic E-state index is 0.232. The Morgan fingerprint density at radius 1 is 1.38 bits per heavy atom. The minimum atomic E-state index is -0.605. The van der Waals surface area contributed by atoms with Gasteiger partial charge in [-0.2, -0.15) is 5.10 Å². The second-order valence-electron chi connectivity index (χ2n) is 6.65. The summed E-state index contributed by atoms with van der Waals surface area (Å²) in [5.74, 6) is 0.00456. The maximum Gasteiger partial charge on any atom is 0.252 e. The summed E-state index contributed by atoms with van der Waals surface area (Å²) in [6.45, 7) is 1.41. The molecule has 0 radical (unpaired) electrons. The van der Waals surface area contributed by atoms with Crippen LogP contribution in [0.3, 0.4) is 0 Å². The molecule has 0 spiro atoms. The molecule has 3 heterocycles. The number of nitrogens with zero attached hydrogens (tertiary/aromatic N) is 3. The molecular weight excluding hydrogens is 394 g/mol. The predicted molar refractivity (Wildman–Crippen MR) is 110 cm³/mol. The number of hydrogen-bond donors (Lipinski definition) is 2. The maximum atomic E-state index is 11.7. The van der Waals surface area contributed by atoms with Gasteiger partial charge in [0.1, 0.15) is 10.9 Å². The number of ether oxygens (including phenoxy) is 2. The van der Waals surface area contributed by atoms with E-state index < -0.39 is 5.91 Å². The highest BCUT2D eigenvalue weighted by atomic mass is 35.5. The summed E-state index contributed by atoms with van der Waals surface area (Å²) in [6.07, 6.45) is 6.08. The first-order chi connectivity index (χ1) is 14.1. The van der Waals surface area contributed by atoms with Crippen LogP contribution >= 0.6 is 11.6 Å². The number of aromatic nitrogens is 3. The van der Waals surface area contributed by atoms with E-state index >= 15 is 0 Å². The number of carbonyl (C=O) groups excluding carboxylic acids is 1. The number of para-hydroxylation sites is 1. The van der Waals surface area contributed by atoms with Crippen molar-refractivity contribution in [3.63, 3.8) is 0 Å². The Morgan fingerprint density at radius 2 is 2.24 bits per heavy atom. The van der Waals surface area contributed by atoms with Gasteiger partial charge in [-0.3, -0.25) is 9.48 Å². The Bertz CT molecular complexity index is 1050. The number of primary amides is 1. The fraction of sp³-hybridized carbons (Fsp3) is 0.250. The zero-order valence-corrected chi connectivity index (χ0v) is 16.5. The monoisotopic (exact) mass is 413 g/mol. The SMILES string of the molecule is COc1c(Nc2cc(Cl)ncc2C(N)=O)cccc1-c1cnn([C@@H]2CCOC2)c1. The van der Waals surface area contributed by atoms with Gasteiger partial charge in [-0.25, -0.2) is 4.98 Å². The molecule has 8 nitrogen and oxygen atoms in total. The third-order valence-electron chi connectivity index (χ3n) is 4.82. The lowest BCUT2D eigenvalue weighted by molar-refractivity contribution is 0.100. The largest absolute Gasteiger partial charge is 0.494 e. The summed E-state index contributed by atoms with van der Waals surface area (Å²) >= 11 is 6.00. The van der Waals surface area contributed by atoms with Crippen LogP contribution in [0.2, 0.25) is 5.15 Å². The first-order valence-electron chi connectivity index (χ1n) is 9.08. The number of amides is 1. The summed E-state index contributed by atoms with van der Waals surface area (Å²) in [6, 6.07) is 7.48. The number of anilines is 2. The Balaban J connectivity index is 1.70. The van der Waals surface area contributed by atoms with Crippen LogP contribution in [0.5, 0.6) is 5.75 Å². The van der Waals surface area contributed by atoms with Crippen LogP contribution in [0.25, 0.3) is 11.1 Å². The molecular formula is C20H20ClN5O3. The van der Waals surface area contributed by atoms with Crippen LogP contribution in [-0.2, 0) is 4.74 Å². The lowest BCUT2D eigenvalue weighted by Crippen LogP contribution is -2.14. The first-order valence-corrected chi connectivity index (χ1v) is 9.46. The molecule has 1 saturated heterocycles. The standard InChI is InChI=1S/C20H20ClN5O3/c1-28-19-14(12-8-24-26(10-12)13-5-6-29-11-13)3-2-4-16(19)25-17-7-18(21)23-9-15(17)20(22)27/h2-4,7-10,13H,5-6,11H2,1H3,(H2,22,27)(H,23,25)/t13-/m1/s1. The van der Waals surface area contributed by atoms with E-state index in [0.717, 1.165) is 24.2 Å². The molecule has 29 heavy (non-hydrogen) atoms. The van der Waals surface area contributed by atoms with E-state index in [2.05, 4.69) is 15.4 Å². The third kappa shape index (κ3) is 3.90. The van der Waals surface area contributed by atoms with Crippen molar-refractivity contribution in [2.24, 2.45) is 5.73 Å². The quantitative estimate of drug-likeness (QED) is 0.600. The minimum Gasteiger partial charge on any atom is -0.494 e. The van der Waals surface area contributed by atoms with Gasteiger partial charge in [-0.15, -0.1) is 0 Å². The average molecular weight is 414 g/mol. The molecule has 3 N–H and O–H groups in total. The Kier molecular flexibility index (Phi) is 5.37. The number of methoxy groups -OCH3 is 1. The number of pyridine rings is 1. The van der Waals surface area contributed by atoms with E-state index in [0.29, 0.717) is 23.7 Å². The van der Waals surface area contributed by atoms with E-state index in [1.807, 2.05) is 29.1 Å². The van der Waals surface area contributed by atoms with Gasteiger partial charge >= 0.3 is 0 Å². The van der Waals surface area contributed by atoms with Crippen LogP contribution in [0, 0.1) is 0 Å². The lowest BCUT2D eigenvalue weighted by Gasteiger charge is -2.16. The first kappa shape index (κ1) is 19.2. The molecule has 1 aliphatic rings. The fourth-order valence-electron chi connectivity index (χ4n) is 3.36. The maximum absolute atomic E-state index is 11.7. The summed E-state index contributed by atoms with van der Waals surface area (Å²) < 4.78 is 13.1. The second kappa shape index (κ2) is 8.10. The molecule has 1 atom stereocenters.